The number of nitrogens with one attached hydrogen (secondary N) is 1. The average molecular weight is 573 g/mol. The van der Waals surface area contributed by atoms with Crippen LogP contribution in [0.4, 0.5) is 5.82 Å². The van der Waals surface area contributed by atoms with E-state index in [1.807, 2.05) is 55.5 Å². The van der Waals surface area contributed by atoms with E-state index in [1.165, 1.54) is 11.8 Å². The molecule has 1 aromatic heterocycles. The van der Waals surface area contributed by atoms with Crippen molar-refractivity contribution in [3.8, 4) is 17.6 Å². The molecule has 3 heterocycles. The Morgan fingerprint density at radius 3 is 2.65 bits per heavy atom. The minimum atomic E-state index is -0.337. The SMILES string of the molecule is CCCCn1c(NCc2ccccc2)c(/C=C2/SC(=S)N(Cc3ccc4c(c3)OCO4)C2=O)c(C)c(C#N)c1=O. The van der Waals surface area contributed by atoms with Gasteiger partial charge in [0, 0.05) is 18.7 Å². The third-order valence-corrected chi connectivity index (χ3v) is 8.22. The predicted molar refractivity (Wildman–Crippen MR) is 160 cm³/mol. The minimum absolute atomic E-state index is 0.0726. The van der Waals surface area contributed by atoms with E-state index in [1.54, 1.807) is 22.5 Å². The molecule has 0 spiro atoms. The zero-order valence-corrected chi connectivity index (χ0v) is 23.9. The summed E-state index contributed by atoms with van der Waals surface area (Å²) in [5.41, 5.74) is 2.80. The lowest BCUT2D eigenvalue weighted by Crippen LogP contribution is -2.28. The summed E-state index contributed by atoms with van der Waals surface area (Å²) in [6, 6.07) is 17.5. The van der Waals surface area contributed by atoms with Crippen molar-refractivity contribution in [2.75, 3.05) is 12.1 Å². The number of nitrogens with zero attached hydrogens (tertiary/aromatic N) is 3. The first-order valence-electron chi connectivity index (χ1n) is 13.0. The molecule has 0 saturated carbocycles. The Morgan fingerprint density at radius 2 is 1.90 bits per heavy atom. The number of unbranched alkanes of at least 4 members (excludes halogenated alkanes) is 1. The van der Waals surface area contributed by atoms with Crippen LogP contribution in [-0.4, -0.2) is 26.5 Å². The van der Waals surface area contributed by atoms with E-state index < -0.39 is 0 Å². The first-order chi connectivity index (χ1) is 19.4. The first-order valence-corrected chi connectivity index (χ1v) is 14.2. The molecule has 2 aliphatic heterocycles. The molecule has 1 amide bonds. The Morgan fingerprint density at radius 1 is 1.12 bits per heavy atom. The molecule has 8 nitrogen and oxygen atoms in total. The molecule has 0 atom stereocenters. The van der Waals surface area contributed by atoms with E-state index in [9.17, 15) is 14.9 Å². The van der Waals surface area contributed by atoms with Gasteiger partial charge in [-0.2, -0.15) is 5.26 Å². The number of ether oxygens (including phenoxy) is 2. The van der Waals surface area contributed by atoms with Gasteiger partial charge in [0.25, 0.3) is 11.5 Å². The fourth-order valence-electron chi connectivity index (χ4n) is 4.65. The second-order valence-electron chi connectivity index (χ2n) is 9.48. The molecule has 2 aliphatic rings. The van der Waals surface area contributed by atoms with Crippen LogP contribution in [0.1, 0.15) is 47.6 Å². The summed E-state index contributed by atoms with van der Waals surface area (Å²) in [4.78, 5) is 28.9. The van der Waals surface area contributed by atoms with Crippen LogP contribution >= 0.6 is 24.0 Å². The predicted octanol–water partition coefficient (Wildman–Crippen LogP) is 5.57. The number of pyridine rings is 1. The van der Waals surface area contributed by atoms with Crippen molar-refractivity contribution < 1.29 is 14.3 Å². The maximum Gasteiger partial charge on any atom is 0.270 e. The number of nitriles is 1. The van der Waals surface area contributed by atoms with Crippen LogP contribution in [0.5, 0.6) is 11.5 Å². The lowest BCUT2D eigenvalue weighted by molar-refractivity contribution is -0.122. The topological polar surface area (TPSA) is 96.6 Å². The maximum absolute atomic E-state index is 13.6. The Kier molecular flexibility index (Phi) is 8.24. The summed E-state index contributed by atoms with van der Waals surface area (Å²) in [5, 5.41) is 13.3. The van der Waals surface area contributed by atoms with Crippen LogP contribution in [0.15, 0.2) is 58.2 Å². The van der Waals surface area contributed by atoms with Gasteiger partial charge in [-0.3, -0.25) is 19.1 Å². The average Bonchev–Trinajstić information content (AvgIpc) is 3.53. The van der Waals surface area contributed by atoms with E-state index in [2.05, 4.69) is 11.4 Å². The van der Waals surface area contributed by atoms with Gasteiger partial charge in [0.1, 0.15) is 21.8 Å². The van der Waals surface area contributed by atoms with Crippen molar-refractivity contribution >= 4 is 46.1 Å². The van der Waals surface area contributed by atoms with Gasteiger partial charge in [0.05, 0.1) is 11.4 Å². The Bertz CT molecular complexity index is 1610. The highest BCUT2D eigenvalue weighted by Crippen LogP contribution is 2.37. The normalized spacial score (nSPS) is 15.1. The molecule has 1 saturated heterocycles. The van der Waals surface area contributed by atoms with Gasteiger partial charge in [-0.05, 0) is 48.2 Å². The van der Waals surface area contributed by atoms with Crippen LogP contribution in [0, 0.1) is 18.3 Å². The van der Waals surface area contributed by atoms with Gasteiger partial charge in [0.15, 0.2) is 11.5 Å². The Hall–Kier alpha value is -4.07. The summed E-state index contributed by atoms with van der Waals surface area (Å²) >= 11 is 6.80. The van der Waals surface area contributed by atoms with Gasteiger partial charge in [-0.15, -0.1) is 0 Å². The summed E-state index contributed by atoms with van der Waals surface area (Å²) < 4.78 is 12.9. The molecule has 204 valence electrons. The highest BCUT2D eigenvalue weighted by atomic mass is 32.2. The molecule has 2 aromatic carbocycles. The van der Waals surface area contributed by atoms with Crippen LogP contribution < -0.4 is 20.3 Å². The van der Waals surface area contributed by atoms with Gasteiger partial charge in [0.2, 0.25) is 6.79 Å². The number of aromatic nitrogens is 1. The van der Waals surface area contributed by atoms with Crippen molar-refractivity contribution in [3.63, 3.8) is 0 Å². The third kappa shape index (κ3) is 5.48. The molecule has 5 rings (SSSR count). The molecule has 0 unspecified atom stereocenters. The number of benzene rings is 2. The van der Waals surface area contributed by atoms with E-state index >= 15 is 0 Å². The number of fused-ring (bicyclic) bond motifs is 1. The number of thiocarbonyl (C=S) groups is 1. The molecular weight excluding hydrogens is 544 g/mol. The Balaban J connectivity index is 1.52. The van der Waals surface area contributed by atoms with Crippen molar-refractivity contribution in [1.82, 2.24) is 9.47 Å². The van der Waals surface area contributed by atoms with E-state index in [-0.39, 0.29) is 30.4 Å². The Labute approximate surface area is 242 Å². The monoisotopic (exact) mass is 572 g/mol. The molecule has 0 bridgehead atoms. The summed E-state index contributed by atoms with van der Waals surface area (Å²) in [6.45, 7) is 5.19. The zero-order valence-electron chi connectivity index (χ0n) is 22.2. The second-order valence-corrected chi connectivity index (χ2v) is 11.2. The lowest BCUT2D eigenvalue weighted by Gasteiger charge is -2.20. The largest absolute Gasteiger partial charge is 0.454 e. The molecular formula is C30H28N4O4S2. The summed E-state index contributed by atoms with van der Waals surface area (Å²) in [6.07, 6.45) is 3.41. The smallest absolute Gasteiger partial charge is 0.270 e. The third-order valence-electron chi connectivity index (χ3n) is 6.84. The van der Waals surface area contributed by atoms with Crippen LogP contribution in [0.2, 0.25) is 0 Å². The number of anilines is 1. The van der Waals surface area contributed by atoms with Crippen molar-refractivity contribution in [3.05, 3.63) is 91.6 Å². The number of carbonyl (C=O) groups excluding carboxylic acids is 1. The number of thioether (sulfide) groups is 1. The van der Waals surface area contributed by atoms with Crippen LogP contribution in [-0.2, 0) is 24.4 Å². The molecule has 10 heteroatoms. The minimum Gasteiger partial charge on any atom is -0.454 e. The lowest BCUT2D eigenvalue weighted by atomic mass is 10.0. The molecule has 0 radical (unpaired) electrons. The van der Waals surface area contributed by atoms with Crippen LogP contribution in [0.3, 0.4) is 0 Å². The summed E-state index contributed by atoms with van der Waals surface area (Å²) in [5.74, 6) is 1.67. The molecule has 0 aliphatic carbocycles. The summed E-state index contributed by atoms with van der Waals surface area (Å²) in [7, 11) is 0. The van der Waals surface area contributed by atoms with E-state index in [0.29, 0.717) is 50.8 Å². The van der Waals surface area contributed by atoms with Gasteiger partial charge >= 0.3 is 0 Å². The fourth-order valence-corrected chi connectivity index (χ4v) is 5.89. The highest BCUT2D eigenvalue weighted by molar-refractivity contribution is 8.26. The number of carbonyl (C=O) groups is 1. The molecule has 40 heavy (non-hydrogen) atoms. The first kappa shape index (κ1) is 27.5. The van der Waals surface area contributed by atoms with Crippen molar-refractivity contribution in [2.24, 2.45) is 0 Å². The number of rotatable bonds is 9. The highest BCUT2D eigenvalue weighted by Gasteiger charge is 2.33. The second kappa shape index (κ2) is 12.0. The quantitative estimate of drug-likeness (QED) is 0.263. The van der Waals surface area contributed by atoms with E-state index in [0.717, 1.165) is 24.0 Å². The molecule has 1 fully saturated rings. The number of hydrogen-bond acceptors (Lipinski definition) is 8. The van der Waals surface area contributed by atoms with Gasteiger partial charge in [-0.1, -0.05) is 73.7 Å². The van der Waals surface area contributed by atoms with Crippen LogP contribution in [0.25, 0.3) is 6.08 Å². The molecule has 1 N–H and O–H groups in total. The van der Waals surface area contributed by atoms with E-state index in [4.69, 9.17) is 21.7 Å². The maximum atomic E-state index is 13.6. The zero-order chi connectivity index (χ0) is 28.2. The molecule has 3 aromatic rings. The standard InChI is InChI=1S/C30H28N4O4S2/c1-3-4-12-33-27(32-16-20-8-6-5-7-9-20)22(19(2)23(15-31)28(33)35)14-26-29(36)34(30(39)40-26)17-21-10-11-24-25(13-21)38-18-37-24/h5-11,13-14,32H,3-4,12,16-18H2,1-2H3/b26-14+. The fraction of sp³-hybridized carbons (Fsp3) is 0.267. The van der Waals surface area contributed by atoms with Gasteiger partial charge < -0.3 is 14.8 Å². The number of hydrogen-bond donors (Lipinski definition) is 1. The van der Waals surface area contributed by atoms with Crippen molar-refractivity contribution in [2.45, 2.75) is 46.3 Å². The van der Waals surface area contributed by atoms with Crippen molar-refractivity contribution in [1.29, 1.82) is 5.26 Å². The number of amides is 1. The van der Waals surface area contributed by atoms with Gasteiger partial charge in [-0.25, -0.2) is 0 Å².